The first kappa shape index (κ1) is 12.5. The lowest BCUT2D eigenvalue weighted by Gasteiger charge is -2.10. The highest BCUT2D eigenvalue weighted by molar-refractivity contribution is 9.10. The maximum absolute atomic E-state index is 13.4. The predicted octanol–water partition coefficient (Wildman–Crippen LogP) is 3.81. The van der Waals surface area contributed by atoms with E-state index in [-0.39, 0.29) is 21.2 Å². The van der Waals surface area contributed by atoms with Gasteiger partial charge >= 0.3 is 5.97 Å². The SMILES string of the molecule is CC(C)OC(=O)c1c(F)cc(Cl)cc1Br. The first-order chi connectivity index (χ1) is 6.91. The summed E-state index contributed by atoms with van der Waals surface area (Å²) in [4.78, 5) is 11.5. The molecule has 0 spiro atoms. The van der Waals surface area contributed by atoms with Gasteiger partial charge in [0.05, 0.1) is 6.10 Å². The Morgan fingerprint density at radius 1 is 1.53 bits per heavy atom. The third-order valence-electron chi connectivity index (χ3n) is 1.55. The molecule has 1 aromatic rings. The van der Waals surface area contributed by atoms with E-state index < -0.39 is 11.8 Å². The van der Waals surface area contributed by atoms with Crippen LogP contribution in [-0.4, -0.2) is 12.1 Å². The first-order valence-electron chi connectivity index (χ1n) is 4.27. The van der Waals surface area contributed by atoms with E-state index in [9.17, 15) is 9.18 Å². The minimum atomic E-state index is -0.703. The Morgan fingerprint density at radius 2 is 2.13 bits per heavy atom. The van der Waals surface area contributed by atoms with Crippen molar-refractivity contribution in [3.05, 3.63) is 33.0 Å². The van der Waals surface area contributed by atoms with Crippen molar-refractivity contribution in [2.24, 2.45) is 0 Å². The fourth-order valence-corrected chi connectivity index (χ4v) is 1.94. The molecular weight excluding hydrogens is 286 g/mol. The summed E-state index contributed by atoms with van der Waals surface area (Å²) in [7, 11) is 0. The van der Waals surface area contributed by atoms with Crippen molar-refractivity contribution < 1.29 is 13.9 Å². The number of carbonyl (C=O) groups is 1. The summed E-state index contributed by atoms with van der Waals surface area (Å²) in [5.74, 6) is -1.40. The van der Waals surface area contributed by atoms with Gasteiger partial charge in [0.1, 0.15) is 11.4 Å². The molecule has 0 fully saturated rings. The molecule has 5 heteroatoms. The van der Waals surface area contributed by atoms with Crippen LogP contribution >= 0.6 is 27.5 Å². The molecule has 0 unspecified atom stereocenters. The lowest BCUT2D eigenvalue weighted by Crippen LogP contribution is -2.13. The Labute approximate surface area is 101 Å². The summed E-state index contributed by atoms with van der Waals surface area (Å²) in [6.07, 6.45) is -0.292. The van der Waals surface area contributed by atoms with Crippen LogP contribution in [0.4, 0.5) is 4.39 Å². The number of ether oxygens (including phenoxy) is 1. The van der Waals surface area contributed by atoms with Gasteiger partial charge in [-0.25, -0.2) is 9.18 Å². The summed E-state index contributed by atoms with van der Waals surface area (Å²) >= 11 is 8.67. The molecule has 0 aromatic heterocycles. The summed E-state index contributed by atoms with van der Waals surface area (Å²) in [6.45, 7) is 3.39. The average molecular weight is 296 g/mol. The summed E-state index contributed by atoms with van der Waals surface area (Å²) in [6, 6.07) is 2.52. The van der Waals surface area contributed by atoms with Crippen molar-refractivity contribution in [3.63, 3.8) is 0 Å². The Balaban J connectivity index is 3.09. The Hall–Kier alpha value is -0.610. The van der Waals surface area contributed by atoms with Gasteiger partial charge in [0.2, 0.25) is 0 Å². The summed E-state index contributed by atoms with van der Waals surface area (Å²) < 4.78 is 18.6. The highest BCUT2D eigenvalue weighted by Gasteiger charge is 2.19. The molecular formula is C10H9BrClFO2. The Bertz CT molecular complexity index is 370. The van der Waals surface area contributed by atoms with Crippen LogP contribution in [0.2, 0.25) is 5.02 Å². The largest absolute Gasteiger partial charge is 0.459 e. The van der Waals surface area contributed by atoms with E-state index in [1.165, 1.54) is 6.07 Å². The standard InChI is InChI=1S/C10H9BrClFO2/c1-5(2)15-10(14)9-7(11)3-6(12)4-8(9)13/h3-5H,1-2H3. The third-order valence-corrected chi connectivity index (χ3v) is 2.40. The highest BCUT2D eigenvalue weighted by Crippen LogP contribution is 2.25. The minimum Gasteiger partial charge on any atom is -0.459 e. The van der Waals surface area contributed by atoms with Crippen LogP contribution in [0.25, 0.3) is 0 Å². The van der Waals surface area contributed by atoms with Gasteiger partial charge in [0.25, 0.3) is 0 Å². The molecule has 0 saturated carbocycles. The topological polar surface area (TPSA) is 26.3 Å². The molecule has 82 valence electrons. The first-order valence-corrected chi connectivity index (χ1v) is 5.44. The van der Waals surface area contributed by atoms with E-state index >= 15 is 0 Å². The monoisotopic (exact) mass is 294 g/mol. The molecule has 0 amide bonds. The molecule has 0 aliphatic rings. The number of carbonyl (C=O) groups excluding carboxylic acids is 1. The quantitative estimate of drug-likeness (QED) is 0.776. The number of esters is 1. The molecule has 1 aromatic carbocycles. The molecule has 0 radical (unpaired) electrons. The van der Waals surface area contributed by atoms with Gasteiger partial charge in [-0.15, -0.1) is 0 Å². The van der Waals surface area contributed by atoms with Crippen molar-refractivity contribution in [3.8, 4) is 0 Å². The maximum Gasteiger partial charge on any atom is 0.342 e. The van der Waals surface area contributed by atoms with Gasteiger partial charge in [-0.3, -0.25) is 0 Å². The van der Waals surface area contributed by atoms with Gasteiger partial charge in [0, 0.05) is 9.50 Å². The third kappa shape index (κ3) is 3.18. The fraction of sp³-hybridized carbons (Fsp3) is 0.300. The zero-order valence-corrected chi connectivity index (χ0v) is 10.5. The molecule has 0 heterocycles. The molecule has 1 rings (SSSR count). The van der Waals surface area contributed by atoms with Gasteiger partial charge in [0.15, 0.2) is 0 Å². The second-order valence-electron chi connectivity index (χ2n) is 3.20. The van der Waals surface area contributed by atoms with Gasteiger partial charge in [-0.05, 0) is 41.9 Å². The second kappa shape index (κ2) is 4.94. The predicted molar refractivity (Wildman–Crippen MR) is 59.7 cm³/mol. The lowest BCUT2D eigenvalue weighted by atomic mass is 10.2. The zero-order valence-electron chi connectivity index (χ0n) is 8.18. The minimum absolute atomic E-state index is 0.131. The van der Waals surface area contributed by atoms with Crippen molar-refractivity contribution in [1.82, 2.24) is 0 Å². The molecule has 0 saturated heterocycles. The highest BCUT2D eigenvalue weighted by atomic mass is 79.9. The molecule has 2 nitrogen and oxygen atoms in total. The van der Waals surface area contributed by atoms with Crippen LogP contribution in [0.5, 0.6) is 0 Å². The lowest BCUT2D eigenvalue weighted by molar-refractivity contribution is 0.0371. The van der Waals surface area contributed by atoms with Crippen LogP contribution in [-0.2, 0) is 4.74 Å². The van der Waals surface area contributed by atoms with Crippen molar-refractivity contribution in [2.75, 3.05) is 0 Å². The normalized spacial score (nSPS) is 10.5. The number of rotatable bonds is 2. The molecule has 0 N–H and O–H groups in total. The molecule has 15 heavy (non-hydrogen) atoms. The van der Waals surface area contributed by atoms with Gasteiger partial charge < -0.3 is 4.74 Å². The fourth-order valence-electron chi connectivity index (χ4n) is 1.01. The number of hydrogen-bond donors (Lipinski definition) is 0. The molecule has 0 bridgehead atoms. The number of benzene rings is 1. The Morgan fingerprint density at radius 3 is 2.60 bits per heavy atom. The van der Waals surface area contributed by atoms with E-state index in [4.69, 9.17) is 16.3 Å². The van der Waals surface area contributed by atoms with Crippen LogP contribution in [0.1, 0.15) is 24.2 Å². The van der Waals surface area contributed by atoms with Crippen molar-refractivity contribution in [1.29, 1.82) is 0 Å². The van der Waals surface area contributed by atoms with Gasteiger partial charge in [-0.2, -0.15) is 0 Å². The summed E-state index contributed by atoms with van der Waals surface area (Å²) in [5.41, 5.74) is -0.131. The van der Waals surface area contributed by atoms with Crippen molar-refractivity contribution in [2.45, 2.75) is 20.0 Å². The van der Waals surface area contributed by atoms with Crippen LogP contribution in [0.3, 0.4) is 0 Å². The second-order valence-corrected chi connectivity index (χ2v) is 4.49. The van der Waals surface area contributed by atoms with Crippen LogP contribution in [0, 0.1) is 5.82 Å². The van der Waals surface area contributed by atoms with Crippen LogP contribution in [0.15, 0.2) is 16.6 Å². The smallest absolute Gasteiger partial charge is 0.342 e. The van der Waals surface area contributed by atoms with E-state index in [0.29, 0.717) is 0 Å². The van der Waals surface area contributed by atoms with E-state index in [2.05, 4.69) is 15.9 Å². The summed E-state index contributed by atoms with van der Waals surface area (Å²) in [5, 5.41) is 0.223. The van der Waals surface area contributed by atoms with E-state index in [1.807, 2.05) is 0 Å². The van der Waals surface area contributed by atoms with Gasteiger partial charge in [-0.1, -0.05) is 11.6 Å². The molecule has 0 atom stereocenters. The molecule has 0 aliphatic carbocycles. The average Bonchev–Trinajstić information content (AvgIpc) is 1.99. The van der Waals surface area contributed by atoms with E-state index in [1.54, 1.807) is 13.8 Å². The number of halogens is 3. The van der Waals surface area contributed by atoms with Crippen LogP contribution < -0.4 is 0 Å². The maximum atomic E-state index is 13.4. The van der Waals surface area contributed by atoms with E-state index in [0.717, 1.165) is 6.07 Å². The number of hydrogen-bond acceptors (Lipinski definition) is 2. The van der Waals surface area contributed by atoms with Crippen molar-refractivity contribution >= 4 is 33.5 Å². The zero-order chi connectivity index (χ0) is 11.6. The Kier molecular flexibility index (Phi) is 4.11. The molecule has 0 aliphatic heterocycles.